The van der Waals surface area contributed by atoms with Crippen LogP contribution in [0.5, 0.6) is 5.75 Å². The molecule has 6 atom stereocenters. The Bertz CT molecular complexity index is 1550. The first-order valence-corrected chi connectivity index (χ1v) is 13.3. The minimum Gasteiger partial charge on any atom is -0.508 e. The average molecular weight is 519 g/mol. The number of para-hydroxylation sites is 3. The summed E-state index contributed by atoms with van der Waals surface area (Å²) in [5.41, 5.74) is 2.48. The third-order valence-electron chi connectivity index (χ3n) is 8.95. The molecule has 2 aliphatic carbocycles. The van der Waals surface area contributed by atoms with E-state index in [4.69, 9.17) is 0 Å². The number of amides is 4. The summed E-state index contributed by atoms with van der Waals surface area (Å²) in [4.78, 5) is 57.8. The van der Waals surface area contributed by atoms with Crippen LogP contribution in [-0.2, 0) is 19.2 Å². The van der Waals surface area contributed by atoms with Crippen molar-refractivity contribution in [2.75, 3.05) is 9.80 Å². The van der Waals surface area contributed by atoms with Crippen molar-refractivity contribution in [3.63, 3.8) is 0 Å². The van der Waals surface area contributed by atoms with Gasteiger partial charge in [-0.1, -0.05) is 66.2 Å². The smallest absolute Gasteiger partial charge is 0.238 e. The Morgan fingerprint density at radius 3 is 1.74 bits per heavy atom. The molecule has 3 fully saturated rings. The van der Waals surface area contributed by atoms with Crippen molar-refractivity contribution in [1.82, 2.24) is 0 Å². The van der Waals surface area contributed by atoms with Crippen LogP contribution in [0.25, 0.3) is 0 Å². The number of nitrogens with zero attached hydrogens (tertiary/aromatic N) is 2. The molecule has 0 spiro atoms. The van der Waals surface area contributed by atoms with E-state index in [0.717, 1.165) is 5.57 Å². The molecule has 1 saturated carbocycles. The van der Waals surface area contributed by atoms with Crippen molar-refractivity contribution in [1.29, 1.82) is 0 Å². The van der Waals surface area contributed by atoms with Gasteiger partial charge in [0.15, 0.2) is 0 Å². The fourth-order valence-electron chi connectivity index (χ4n) is 7.35. The normalized spacial score (nSPS) is 29.7. The van der Waals surface area contributed by atoms with Crippen molar-refractivity contribution in [2.45, 2.75) is 18.8 Å². The third kappa shape index (κ3) is 3.35. The van der Waals surface area contributed by atoms with Gasteiger partial charge in [-0.05, 0) is 49.1 Å². The highest BCUT2D eigenvalue weighted by Gasteiger charge is 2.62. The molecule has 7 heteroatoms. The van der Waals surface area contributed by atoms with Gasteiger partial charge in [-0.25, -0.2) is 0 Å². The number of carbonyl (C=O) groups excluding carboxylic acids is 4. The van der Waals surface area contributed by atoms with Crippen molar-refractivity contribution >= 4 is 35.0 Å². The number of carbonyl (C=O) groups is 4. The maximum absolute atomic E-state index is 14.0. The monoisotopic (exact) mass is 518 g/mol. The van der Waals surface area contributed by atoms with E-state index in [1.54, 1.807) is 72.8 Å². The standard InChI is InChI=1S/C32H26N2O5/c35-25-14-8-7-13-21(25)26-20-15-16-22-27(31(38)33(29(22)36)18-9-3-1-4-10-18)23(20)17-24-28(26)32(39)34(30(24)37)19-11-5-2-6-12-19/h1-15,22-24,26-28,35H,16-17H2. The van der Waals surface area contributed by atoms with Gasteiger partial charge in [0, 0.05) is 11.5 Å². The fourth-order valence-corrected chi connectivity index (χ4v) is 7.35. The lowest BCUT2D eigenvalue weighted by molar-refractivity contribution is -0.126. The predicted molar refractivity (Wildman–Crippen MR) is 143 cm³/mol. The third-order valence-corrected chi connectivity index (χ3v) is 8.95. The molecule has 7 nitrogen and oxygen atoms in total. The summed E-state index contributed by atoms with van der Waals surface area (Å²) in [6, 6.07) is 24.7. The number of fused-ring (bicyclic) bond motifs is 4. The number of allylic oxidation sites excluding steroid dienone is 2. The van der Waals surface area contributed by atoms with Gasteiger partial charge < -0.3 is 5.11 Å². The zero-order valence-corrected chi connectivity index (χ0v) is 21.0. The van der Waals surface area contributed by atoms with Gasteiger partial charge in [0.2, 0.25) is 23.6 Å². The van der Waals surface area contributed by atoms with Gasteiger partial charge in [-0.3, -0.25) is 29.0 Å². The lowest BCUT2D eigenvalue weighted by Crippen LogP contribution is -2.43. The van der Waals surface area contributed by atoms with Crippen molar-refractivity contribution < 1.29 is 24.3 Å². The van der Waals surface area contributed by atoms with E-state index in [1.165, 1.54) is 9.80 Å². The molecule has 6 unspecified atom stereocenters. The van der Waals surface area contributed by atoms with Gasteiger partial charge >= 0.3 is 0 Å². The number of phenols is 1. The Morgan fingerprint density at radius 1 is 0.590 bits per heavy atom. The second-order valence-corrected chi connectivity index (χ2v) is 10.8. The number of hydrogen-bond acceptors (Lipinski definition) is 5. The molecule has 39 heavy (non-hydrogen) atoms. The summed E-state index contributed by atoms with van der Waals surface area (Å²) in [7, 11) is 0. The summed E-state index contributed by atoms with van der Waals surface area (Å²) < 4.78 is 0. The molecule has 4 aliphatic rings. The Morgan fingerprint density at radius 2 is 1.13 bits per heavy atom. The van der Waals surface area contributed by atoms with Crippen LogP contribution < -0.4 is 9.80 Å². The van der Waals surface area contributed by atoms with Gasteiger partial charge in [0.05, 0.1) is 35.0 Å². The summed E-state index contributed by atoms with van der Waals surface area (Å²) in [6.45, 7) is 0. The van der Waals surface area contributed by atoms with Crippen LogP contribution in [0.2, 0.25) is 0 Å². The highest BCUT2D eigenvalue weighted by Crippen LogP contribution is 2.59. The van der Waals surface area contributed by atoms with Gasteiger partial charge in [-0.15, -0.1) is 0 Å². The molecule has 7 rings (SSSR count). The van der Waals surface area contributed by atoms with E-state index in [1.807, 2.05) is 18.2 Å². The van der Waals surface area contributed by atoms with E-state index in [-0.39, 0.29) is 29.4 Å². The van der Waals surface area contributed by atoms with Gasteiger partial charge in [0.25, 0.3) is 0 Å². The molecule has 2 heterocycles. The first-order chi connectivity index (χ1) is 19.0. The number of aromatic hydroxyl groups is 1. The lowest BCUT2D eigenvalue weighted by Gasteiger charge is -2.44. The molecule has 194 valence electrons. The summed E-state index contributed by atoms with van der Waals surface area (Å²) >= 11 is 0. The van der Waals surface area contributed by atoms with E-state index >= 15 is 0 Å². The predicted octanol–water partition coefficient (Wildman–Crippen LogP) is 4.44. The molecule has 0 aromatic heterocycles. The molecule has 0 bridgehead atoms. The number of rotatable bonds is 3. The molecule has 4 amide bonds. The van der Waals surface area contributed by atoms with Crippen LogP contribution in [-0.4, -0.2) is 28.7 Å². The van der Waals surface area contributed by atoms with Crippen LogP contribution in [0.3, 0.4) is 0 Å². The van der Waals surface area contributed by atoms with Crippen LogP contribution in [0, 0.1) is 29.6 Å². The second-order valence-electron chi connectivity index (χ2n) is 10.8. The largest absolute Gasteiger partial charge is 0.508 e. The molecule has 2 aliphatic heterocycles. The first-order valence-electron chi connectivity index (χ1n) is 13.3. The Kier molecular flexibility index (Phi) is 5.30. The van der Waals surface area contributed by atoms with Crippen LogP contribution >= 0.6 is 0 Å². The number of anilines is 2. The number of hydrogen-bond donors (Lipinski definition) is 1. The van der Waals surface area contributed by atoms with Crippen LogP contribution in [0.4, 0.5) is 11.4 Å². The number of phenolic OH excluding ortho intramolecular Hbond substituents is 1. The Balaban J connectivity index is 1.35. The lowest BCUT2D eigenvalue weighted by atomic mass is 9.57. The minimum atomic E-state index is -0.706. The summed E-state index contributed by atoms with van der Waals surface area (Å²) in [5.74, 6) is -4.54. The Labute approximate surface area is 225 Å². The van der Waals surface area contributed by atoms with Gasteiger partial charge in [-0.2, -0.15) is 0 Å². The van der Waals surface area contributed by atoms with Crippen molar-refractivity contribution in [3.8, 4) is 5.75 Å². The molecular formula is C32H26N2O5. The number of imide groups is 2. The summed E-state index contributed by atoms with van der Waals surface area (Å²) in [5, 5.41) is 10.9. The zero-order chi connectivity index (χ0) is 26.8. The number of benzene rings is 3. The zero-order valence-electron chi connectivity index (χ0n) is 21.0. The molecule has 2 saturated heterocycles. The Hall–Kier alpha value is -4.52. The second kappa shape index (κ2) is 8.76. The van der Waals surface area contributed by atoms with Gasteiger partial charge in [0.1, 0.15) is 5.75 Å². The highest BCUT2D eigenvalue weighted by atomic mass is 16.3. The maximum Gasteiger partial charge on any atom is 0.238 e. The van der Waals surface area contributed by atoms with Crippen LogP contribution in [0.1, 0.15) is 24.3 Å². The van der Waals surface area contributed by atoms with E-state index < -0.39 is 35.5 Å². The highest BCUT2D eigenvalue weighted by molar-refractivity contribution is 6.24. The topological polar surface area (TPSA) is 95.0 Å². The van der Waals surface area contributed by atoms with E-state index in [2.05, 4.69) is 0 Å². The molecule has 3 aromatic carbocycles. The molecular weight excluding hydrogens is 492 g/mol. The molecule has 0 radical (unpaired) electrons. The quantitative estimate of drug-likeness (QED) is 0.409. The average Bonchev–Trinajstić information content (AvgIpc) is 3.37. The van der Waals surface area contributed by atoms with Crippen LogP contribution in [0.15, 0.2) is 96.6 Å². The van der Waals surface area contributed by atoms with E-state index in [9.17, 15) is 24.3 Å². The first kappa shape index (κ1) is 23.6. The molecule has 1 N–H and O–H groups in total. The maximum atomic E-state index is 14.0. The van der Waals surface area contributed by atoms with Crippen molar-refractivity contribution in [3.05, 3.63) is 102 Å². The van der Waals surface area contributed by atoms with E-state index in [0.29, 0.717) is 29.8 Å². The van der Waals surface area contributed by atoms with Crippen molar-refractivity contribution in [2.24, 2.45) is 29.6 Å². The molecule has 3 aromatic rings. The minimum absolute atomic E-state index is 0.0445. The summed E-state index contributed by atoms with van der Waals surface area (Å²) in [6.07, 6.45) is 2.66. The SMILES string of the molecule is O=C1C2CC=C3C(CC4C(=O)N(c5ccccc5)C(=O)C4C3c3ccccc3O)C2C(=O)N1c1ccccc1. The fraction of sp³-hybridized carbons (Fsp3) is 0.250.